The van der Waals surface area contributed by atoms with Crippen LogP contribution in [0.5, 0.6) is 0 Å². The first-order valence-electron chi connectivity index (χ1n) is 9.99. The molecule has 1 fully saturated rings. The van der Waals surface area contributed by atoms with Gasteiger partial charge >= 0.3 is 0 Å². The van der Waals surface area contributed by atoms with E-state index in [0.29, 0.717) is 11.4 Å². The van der Waals surface area contributed by atoms with Gasteiger partial charge in [-0.3, -0.25) is 9.78 Å². The number of nitrogens with one attached hydrogen (secondary N) is 2. The van der Waals surface area contributed by atoms with E-state index in [1.165, 1.54) is 16.9 Å². The third-order valence-corrected chi connectivity index (χ3v) is 6.33. The summed E-state index contributed by atoms with van der Waals surface area (Å²) >= 11 is 1.42. The van der Waals surface area contributed by atoms with Crippen molar-refractivity contribution in [3.63, 3.8) is 0 Å². The molecule has 8 heteroatoms. The molecule has 152 valence electrons. The second kappa shape index (κ2) is 9.28. The maximum atomic E-state index is 12.7. The molecule has 1 aliphatic rings. The van der Waals surface area contributed by atoms with Gasteiger partial charge in [0.2, 0.25) is 0 Å². The molecular weight excluding hydrogens is 386 g/mol. The van der Waals surface area contributed by atoms with E-state index in [4.69, 9.17) is 4.74 Å². The van der Waals surface area contributed by atoms with Gasteiger partial charge in [0.05, 0.1) is 16.4 Å². The van der Waals surface area contributed by atoms with E-state index >= 15 is 0 Å². The second-order valence-electron chi connectivity index (χ2n) is 7.19. The number of aromatic nitrogens is 3. The van der Waals surface area contributed by atoms with Crippen molar-refractivity contribution in [1.82, 2.24) is 20.3 Å². The number of amides is 1. The molecule has 7 nitrogen and oxygen atoms in total. The molecule has 1 atom stereocenters. The number of carbonyl (C=O) groups is 1. The Kier molecular flexibility index (Phi) is 6.31. The number of thiophene rings is 1. The highest BCUT2D eigenvalue weighted by Gasteiger charge is 2.20. The van der Waals surface area contributed by atoms with E-state index in [0.717, 1.165) is 60.4 Å². The molecule has 29 heavy (non-hydrogen) atoms. The first-order chi connectivity index (χ1) is 14.2. The molecule has 0 radical (unpaired) electrons. The minimum Gasteiger partial charge on any atom is -0.376 e. The van der Waals surface area contributed by atoms with Crippen molar-refractivity contribution in [2.75, 3.05) is 25.0 Å². The van der Waals surface area contributed by atoms with Gasteiger partial charge in [0.15, 0.2) is 0 Å². The first kappa shape index (κ1) is 19.7. The Bertz CT molecular complexity index is 970. The number of aryl methyl sites for hydroxylation is 2. The molecule has 0 unspecified atom stereocenters. The van der Waals surface area contributed by atoms with Crippen molar-refractivity contribution in [2.24, 2.45) is 0 Å². The molecule has 2 N–H and O–H groups in total. The van der Waals surface area contributed by atoms with Crippen LogP contribution in [0, 0.1) is 6.92 Å². The van der Waals surface area contributed by atoms with Crippen LogP contribution >= 0.6 is 11.3 Å². The van der Waals surface area contributed by atoms with Crippen LogP contribution in [0.4, 0.5) is 5.82 Å². The molecule has 0 aliphatic carbocycles. The largest absolute Gasteiger partial charge is 0.376 e. The summed E-state index contributed by atoms with van der Waals surface area (Å²) < 4.78 is 5.68. The average molecular weight is 412 g/mol. The van der Waals surface area contributed by atoms with E-state index < -0.39 is 0 Å². The van der Waals surface area contributed by atoms with Crippen molar-refractivity contribution in [1.29, 1.82) is 0 Å². The molecule has 0 bridgehead atoms. The first-order valence-corrected chi connectivity index (χ1v) is 10.8. The summed E-state index contributed by atoms with van der Waals surface area (Å²) in [5, 5.41) is 7.35. The predicted octanol–water partition coefficient (Wildman–Crippen LogP) is 3.35. The Morgan fingerprint density at radius 3 is 2.97 bits per heavy atom. The SMILES string of the molecule is Cc1c(C(=O)NCCCc2ccncc2)sc2ncnc(NC[C@@H]3CCCO3)c12. The number of fused-ring (bicyclic) bond motifs is 1. The molecule has 0 spiro atoms. The number of nitrogens with zero attached hydrogens (tertiary/aromatic N) is 3. The van der Waals surface area contributed by atoms with Gasteiger partial charge in [-0.25, -0.2) is 9.97 Å². The van der Waals surface area contributed by atoms with Gasteiger partial charge in [0.1, 0.15) is 17.0 Å². The lowest BCUT2D eigenvalue weighted by Gasteiger charge is -2.12. The predicted molar refractivity (Wildman–Crippen MR) is 115 cm³/mol. The van der Waals surface area contributed by atoms with Crippen molar-refractivity contribution in [3.05, 3.63) is 46.9 Å². The van der Waals surface area contributed by atoms with E-state index in [9.17, 15) is 4.79 Å². The Labute approximate surface area is 173 Å². The monoisotopic (exact) mass is 411 g/mol. The Morgan fingerprint density at radius 1 is 1.31 bits per heavy atom. The summed E-state index contributed by atoms with van der Waals surface area (Å²) in [4.78, 5) is 27.0. The molecule has 0 aromatic carbocycles. The maximum absolute atomic E-state index is 12.7. The third-order valence-electron chi connectivity index (χ3n) is 5.13. The van der Waals surface area contributed by atoms with Crippen LogP contribution in [0.1, 0.15) is 40.1 Å². The van der Waals surface area contributed by atoms with Crippen molar-refractivity contribution in [3.8, 4) is 0 Å². The van der Waals surface area contributed by atoms with Crippen LogP contribution < -0.4 is 10.6 Å². The normalized spacial score (nSPS) is 16.2. The van der Waals surface area contributed by atoms with Gasteiger partial charge in [-0.2, -0.15) is 0 Å². The van der Waals surface area contributed by atoms with Crippen molar-refractivity contribution >= 4 is 33.3 Å². The van der Waals surface area contributed by atoms with Gasteiger partial charge < -0.3 is 15.4 Å². The summed E-state index contributed by atoms with van der Waals surface area (Å²) in [6, 6.07) is 4.00. The van der Waals surface area contributed by atoms with Crippen molar-refractivity contribution in [2.45, 2.75) is 38.7 Å². The fraction of sp³-hybridized carbons (Fsp3) is 0.429. The number of ether oxygens (including phenoxy) is 1. The molecule has 0 saturated carbocycles. The topological polar surface area (TPSA) is 89.0 Å². The molecule has 4 rings (SSSR count). The van der Waals surface area contributed by atoms with Crippen LogP contribution in [0.15, 0.2) is 30.9 Å². The highest BCUT2D eigenvalue weighted by atomic mass is 32.1. The van der Waals surface area contributed by atoms with Crippen LogP contribution in [0.25, 0.3) is 10.2 Å². The molecule has 4 heterocycles. The van der Waals surface area contributed by atoms with Gasteiger partial charge in [0, 0.05) is 32.1 Å². The molecule has 3 aromatic rings. The Hall–Kier alpha value is -2.58. The zero-order valence-electron chi connectivity index (χ0n) is 16.5. The van der Waals surface area contributed by atoms with Crippen LogP contribution in [-0.2, 0) is 11.2 Å². The average Bonchev–Trinajstić information content (AvgIpc) is 3.39. The number of anilines is 1. The summed E-state index contributed by atoms with van der Waals surface area (Å²) in [6.45, 7) is 4.14. The van der Waals surface area contributed by atoms with Crippen LogP contribution in [0.2, 0.25) is 0 Å². The highest BCUT2D eigenvalue weighted by molar-refractivity contribution is 7.20. The molecule has 1 aliphatic heterocycles. The van der Waals surface area contributed by atoms with Gasteiger partial charge in [-0.05, 0) is 55.9 Å². The smallest absolute Gasteiger partial charge is 0.261 e. The highest BCUT2D eigenvalue weighted by Crippen LogP contribution is 2.33. The summed E-state index contributed by atoms with van der Waals surface area (Å²) in [6.07, 6.45) is 9.32. The maximum Gasteiger partial charge on any atom is 0.261 e. The minimum absolute atomic E-state index is 0.0506. The summed E-state index contributed by atoms with van der Waals surface area (Å²) in [7, 11) is 0. The minimum atomic E-state index is -0.0506. The lowest BCUT2D eigenvalue weighted by molar-refractivity contribution is 0.0956. The third kappa shape index (κ3) is 4.71. The zero-order valence-corrected chi connectivity index (χ0v) is 17.3. The Balaban J connectivity index is 1.39. The van der Waals surface area contributed by atoms with E-state index in [1.807, 2.05) is 19.1 Å². The summed E-state index contributed by atoms with van der Waals surface area (Å²) in [5.74, 6) is 0.723. The number of rotatable bonds is 8. The molecule has 3 aromatic heterocycles. The number of carbonyl (C=O) groups excluding carboxylic acids is 1. The van der Waals surface area contributed by atoms with Gasteiger partial charge in [0.25, 0.3) is 5.91 Å². The lowest BCUT2D eigenvalue weighted by atomic mass is 10.1. The molecule has 1 amide bonds. The quantitative estimate of drug-likeness (QED) is 0.553. The van der Waals surface area contributed by atoms with E-state index in [2.05, 4.69) is 25.6 Å². The lowest BCUT2D eigenvalue weighted by Crippen LogP contribution is -2.24. The number of pyridine rings is 1. The van der Waals surface area contributed by atoms with Crippen LogP contribution in [0.3, 0.4) is 0 Å². The van der Waals surface area contributed by atoms with Gasteiger partial charge in [-0.15, -0.1) is 11.3 Å². The summed E-state index contributed by atoms with van der Waals surface area (Å²) in [5.41, 5.74) is 2.15. The van der Waals surface area contributed by atoms with Gasteiger partial charge in [-0.1, -0.05) is 0 Å². The second-order valence-corrected chi connectivity index (χ2v) is 8.19. The van der Waals surface area contributed by atoms with E-state index in [1.54, 1.807) is 18.7 Å². The molecular formula is C21H25N5O2S. The number of hydrogen-bond donors (Lipinski definition) is 2. The van der Waals surface area contributed by atoms with E-state index in [-0.39, 0.29) is 12.0 Å². The Morgan fingerprint density at radius 2 is 2.17 bits per heavy atom. The molecule has 1 saturated heterocycles. The zero-order chi connectivity index (χ0) is 20.1. The van der Waals surface area contributed by atoms with Crippen LogP contribution in [-0.4, -0.2) is 46.7 Å². The fourth-order valence-corrected chi connectivity index (χ4v) is 4.63. The number of hydrogen-bond acceptors (Lipinski definition) is 7. The fourth-order valence-electron chi connectivity index (χ4n) is 3.56. The standard InChI is InChI=1S/C21H25N5O2S/c1-14-17-19(24-12-16-5-3-11-28-16)25-13-26-21(17)29-18(14)20(27)23-8-2-4-15-6-9-22-10-7-15/h6-7,9-10,13,16H,2-5,8,11-12H2,1H3,(H,23,27)(H,24,25,26)/t16-/m0/s1. The van der Waals surface area contributed by atoms with Crippen molar-refractivity contribution < 1.29 is 9.53 Å².